The number of benzene rings is 1. The summed E-state index contributed by atoms with van der Waals surface area (Å²) in [5, 5.41) is 1.04. The van der Waals surface area contributed by atoms with E-state index in [1.54, 1.807) is 6.92 Å². The van der Waals surface area contributed by atoms with Gasteiger partial charge in [-0.2, -0.15) is 0 Å². The van der Waals surface area contributed by atoms with E-state index in [9.17, 15) is 4.79 Å². The van der Waals surface area contributed by atoms with Gasteiger partial charge in [0.15, 0.2) is 0 Å². The predicted molar refractivity (Wildman–Crippen MR) is 71.5 cm³/mol. The number of rotatable bonds is 4. The van der Waals surface area contributed by atoms with Crippen LogP contribution in [0.5, 0.6) is 0 Å². The van der Waals surface area contributed by atoms with Gasteiger partial charge in [-0.1, -0.05) is 18.2 Å². The Morgan fingerprint density at radius 1 is 1.44 bits per heavy atom. The number of aryl methyl sites for hydroxylation is 1. The fraction of sp³-hybridized carbons (Fsp3) is 0.357. The van der Waals surface area contributed by atoms with Crippen molar-refractivity contribution in [1.29, 1.82) is 0 Å². The van der Waals surface area contributed by atoms with E-state index in [4.69, 9.17) is 10.5 Å². The number of H-pyrrole nitrogens is 1. The highest BCUT2D eigenvalue weighted by molar-refractivity contribution is 5.91. The third-order valence-electron chi connectivity index (χ3n) is 3.10. The molecule has 3 N–H and O–H groups in total. The minimum Gasteiger partial charge on any atom is -0.465 e. The van der Waals surface area contributed by atoms with Crippen molar-refractivity contribution < 1.29 is 9.53 Å². The number of carbonyl (C=O) groups is 1. The Hall–Kier alpha value is -1.81. The van der Waals surface area contributed by atoms with Crippen LogP contribution in [0, 0.1) is 6.92 Å². The molecule has 0 aliphatic rings. The summed E-state index contributed by atoms with van der Waals surface area (Å²) in [7, 11) is 0. The van der Waals surface area contributed by atoms with Gasteiger partial charge in [0, 0.05) is 23.1 Å². The second-order valence-electron chi connectivity index (χ2n) is 4.25. The highest BCUT2D eigenvalue weighted by atomic mass is 16.5. The number of hydrogen-bond donors (Lipinski definition) is 2. The number of esters is 1. The van der Waals surface area contributed by atoms with Gasteiger partial charge in [-0.25, -0.2) is 0 Å². The summed E-state index contributed by atoms with van der Waals surface area (Å²) in [6.07, 6.45) is 0. The first-order valence-electron chi connectivity index (χ1n) is 6.13. The molecule has 2 rings (SSSR count). The van der Waals surface area contributed by atoms with E-state index in [1.807, 2.05) is 31.2 Å². The van der Waals surface area contributed by atoms with Crippen LogP contribution in [0.25, 0.3) is 10.9 Å². The third-order valence-corrected chi connectivity index (χ3v) is 3.10. The van der Waals surface area contributed by atoms with E-state index in [0.29, 0.717) is 6.61 Å². The summed E-state index contributed by atoms with van der Waals surface area (Å²) < 4.78 is 5.09. The Balaban J connectivity index is 2.50. The van der Waals surface area contributed by atoms with Gasteiger partial charge in [0.2, 0.25) is 0 Å². The number of aromatic amines is 1. The molecule has 0 aliphatic heterocycles. The molecule has 4 nitrogen and oxygen atoms in total. The molecule has 1 unspecified atom stereocenters. The molecule has 0 saturated heterocycles. The Bertz CT molecular complexity index is 560. The van der Waals surface area contributed by atoms with Crippen LogP contribution in [-0.2, 0) is 9.53 Å². The number of aromatic nitrogens is 1. The molecule has 0 saturated carbocycles. The lowest BCUT2D eigenvalue weighted by atomic mass is 9.96. The molecule has 0 bridgehead atoms. The molecule has 0 spiro atoms. The van der Waals surface area contributed by atoms with Gasteiger partial charge in [0.1, 0.15) is 0 Å². The molecule has 1 aromatic carbocycles. The fourth-order valence-corrected chi connectivity index (χ4v) is 2.32. The number of ether oxygens (including phenoxy) is 1. The van der Waals surface area contributed by atoms with Gasteiger partial charge >= 0.3 is 5.97 Å². The normalized spacial score (nSPS) is 12.6. The van der Waals surface area contributed by atoms with Crippen LogP contribution in [0.1, 0.15) is 24.1 Å². The molecule has 1 aromatic heterocycles. The maximum absolute atomic E-state index is 12.0. The first kappa shape index (κ1) is 12.6. The Labute approximate surface area is 106 Å². The lowest BCUT2D eigenvalue weighted by Crippen LogP contribution is -2.24. The molecule has 1 atom stereocenters. The van der Waals surface area contributed by atoms with E-state index in [-0.39, 0.29) is 12.5 Å². The average molecular weight is 246 g/mol. The van der Waals surface area contributed by atoms with Gasteiger partial charge < -0.3 is 15.5 Å². The summed E-state index contributed by atoms with van der Waals surface area (Å²) >= 11 is 0. The highest BCUT2D eigenvalue weighted by Crippen LogP contribution is 2.29. The summed E-state index contributed by atoms with van der Waals surface area (Å²) in [6, 6.07) is 7.91. The molecule has 1 heterocycles. The summed E-state index contributed by atoms with van der Waals surface area (Å²) in [5.74, 6) is -0.658. The number of carbonyl (C=O) groups excluding carboxylic acids is 1. The number of fused-ring (bicyclic) bond motifs is 1. The molecule has 18 heavy (non-hydrogen) atoms. The first-order chi connectivity index (χ1) is 8.69. The number of nitrogens with one attached hydrogen (secondary N) is 1. The Kier molecular flexibility index (Phi) is 3.67. The van der Waals surface area contributed by atoms with Crippen molar-refractivity contribution in [3.63, 3.8) is 0 Å². The van der Waals surface area contributed by atoms with Crippen LogP contribution >= 0.6 is 0 Å². The van der Waals surface area contributed by atoms with E-state index in [0.717, 1.165) is 22.2 Å². The van der Waals surface area contributed by atoms with E-state index < -0.39 is 5.92 Å². The quantitative estimate of drug-likeness (QED) is 0.811. The molecule has 0 fully saturated rings. The summed E-state index contributed by atoms with van der Waals surface area (Å²) in [5.41, 5.74) is 8.68. The fourth-order valence-electron chi connectivity index (χ4n) is 2.32. The first-order valence-corrected chi connectivity index (χ1v) is 6.13. The number of para-hydroxylation sites is 1. The molecule has 0 amide bonds. The molecule has 0 radical (unpaired) electrons. The molecule has 96 valence electrons. The van der Waals surface area contributed by atoms with Crippen molar-refractivity contribution in [2.24, 2.45) is 5.73 Å². The van der Waals surface area contributed by atoms with E-state index in [2.05, 4.69) is 4.98 Å². The Morgan fingerprint density at radius 3 is 2.83 bits per heavy atom. The van der Waals surface area contributed by atoms with Crippen LogP contribution in [0.2, 0.25) is 0 Å². The third kappa shape index (κ3) is 2.11. The van der Waals surface area contributed by atoms with Crippen LogP contribution in [0.3, 0.4) is 0 Å². The van der Waals surface area contributed by atoms with Crippen molar-refractivity contribution in [2.45, 2.75) is 19.8 Å². The zero-order chi connectivity index (χ0) is 13.1. The van der Waals surface area contributed by atoms with Crippen molar-refractivity contribution in [1.82, 2.24) is 4.98 Å². The number of hydrogen-bond acceptors (Lipinski definition) is 3. The van der Waals surface area contributed by atoms with Gasteiger partial charge in [-0.05, 0) is 25.5 Å². The second kappa shape index (κ2) is 5.23. The minimum absolute atomic E-state index is 0.252. The largest absolute Gasteiger partial charge is 0.465 e. The van der Waals surface area contributed by atoms with E-state index >= 15 is 0 Å². The highest BCUT2D eigenvalue weighted by Gasteiger charge is 2.25. The zero-order valence-corrected chi connectivity index (χ0v) is 10.7. The number of nitrogens with two attached hydrogens (primary N) is 1. The van der Waals surface area contributed by atoms with Crippen molar-refractivity contribution >= 4 is 16.9 Å². The molecule has 2 aromatic rings. The van der Waals surface area contributed by atoms with Gasteiger partial charge in [0.25, 0.3) is 0 Å². The van der Waals surface area contributed by atoms with Crippen LogP contribution < -0.4 is 5.73 Å². The van der Waals surface area contributed by atoms with Gasteiger partial charge in [0.05, 0.1) is 12.5 Å². The SMILES string of the molecule is CCOC(=O)C(CN)c1c(C)[nH]c2ccccc12. The molecular formula is C14H18N2O2. The topological polar surface area (TPSA) is 68.1 Å². The molecular weight excluding hydrogens is 228 g/mol. The smallest absolute Gasteiger partial charge is 0.314 e. The average Bonchev–Trinajstić information content (AvgIpc) is 2.68. The van der Waals surface area contributed by atoms with Gasteiger partial charge in [-0.3, -0.25) is 4.79 Å². The monoisotopic (exact) mass is 246 g/mol. The van der Waals surface area contributed by atoms with Crippen LogP contribution in [0.15, 0.2) is 24.3 Å². The molecule has 0 aliphatic carbocycles. The van der Waals surface area contributed by atoms with Crippen molar-refractivity contribution in [2.75, 3.05) is 13.2 Å². The maximum atomic E-state index is 12.0. The molecule has 4 heteroatoms. The van der Waals surface area contributed by atoms with Gasteiger partial charge in [-0.15, -0.1) is 0 Å². The summed E-state index contributed by atoms with van der Waals surface area (Å²) in [6.45, 7) is 4.38. The van der Waals surface area contributed by atoms with E-state index in [1.165, 1.54) is 0 Å². The lowest BCUT2D eigenvalue weighted by Gasteiger charge is -2.14. The zero-order valence-electron chi connectivity index (χ0n) is 10.7. The summed E-state index contributed by atoms with van der Waals surface area (Å²) in [4.78, 5) is 15.2. The second-order valence-corrected chi connectivity index (χ2v) is 4.25. The standard InChI is InChI=1S/C14H18N2O2/c1-3-18-14(17)11(8-15)13-9(2)16-12-7-5-4-6-10(12)13/h4-7,11,16H,3,8,15H2,1-2H3. The lowest BCUT2D eigenvalue weighted by molar-refractivity contribution is -0.144. The van der Waals surface area contributed by atoms with Crippen molar-refractivity contribution in [3.8, 4) is 0 Å². The maximum Gasteiger partial charge on any atom is 0.314 e. The Morgan fingerprint density at radius 2 is 2.17 bits per heavy atom. The van der Waals surface area contributed by atoms with Crippen LogP contribution in [-0.4, -0.2) is 24.1 Å². The predicted octanol–water partition coefficient (Wildman–Crippen LogP) is 2.08. The minimum atomic E-state index is -0.402. The van der Waals surface area contributed by atoms with Crippen LogP contribution in [0.4, 0.5) is 0 Å². The van der Waals surface area contributed by atoms with Crippen molar-refractivity contribution in [3.05, 3.63) is 35.5 Å².